The molecule has 0 N–H and O–H groups in total. The molecule has 0 aliphatic carbocycles. The molecule has 0 bridgehead atoms. The first-order valence-corrected chi connectivity index (χ1v) is 12.3. The van der Waals surface area contributed by atoms with Gasteiger partial charge in [-0.1, -0.05) is 46.9 Å². The molecule has 0 unspecified atom stereocenters. The molecule has 0 fully saturated rings. The number of carbonyl (C=O) groups is 2. The zero-order valence-corrected chi connectivity index (χ0v) is 28.9. The fourth-order valence-corrected chi connectivity index (χ4v) is 4.64. The van der Waals surface area contributed by atoms with Crippen molar-refractivity contribution >= 4 is 89.6 Å². The van der Waals surface area contributed by atoms with Gasteiger partial charge in [0.1, 0.15) is 0 Å². The average Bonchev–Trinajstić information content (AvgIpc) is 3.39. The van der Waals surface area contributed by atoms with Gasteiger partial charge in [0.15, 0.2) is 10.1 Å². The van der Waals surface area contributed by atoms with Crippen LogP contribution in [0.15, 0.2) is 48.5 Å². The van der Waals surface area contributed by atoms with Gasteiger partial charge in [-0.3, -0.25) is 0 Å². The summed E-state index contributed by atoms with van der Waals surface area (Å²) < 4.78 is 12.6. The van der Waals surface area contributed by atoms with Crippen molar-refractivity contribution in [1.82, 2.24) is 9.97 Å². The second-order valence-electron chi connectivity index (χ2n) is 6.59. The van der Waals surface area contributed by atoms with Crippen molar-refractivity contribution in [3.63, 3.8) is 0 Å². The first kappa shape index (κ1) is 34.2. The number of hydrogen-bond acceptors (Lipinski definition) is 12. The van der Waals surface area contributed by atoms with E-state index < -0.39 is 11.9 Å². The molecule has 0 aliphatic heterocycles. The number of aromatic nitrogens is 2. The summed E-state index contributed by atoms with van der Waals surface area (Å²) in [6, 6.07) is 15.2. The fourth-order valence-electron chi connectivity index (χ4n) is 2.49. The van der Waals surface area contributed by atoms with E-state index in [1.165, 1.54) is 22.7 Å². The molecule has 176 valence electrons. The Labute approximate surface area is 310 Å². The summed E-state index contributed by atoms with van der Waals surface area (Å²) in [5.41, 5.74) is 1.69. The Kier molecular flexibility index (Phi) is 16.9. The first-order chi connectivity index (χ1) is 16.3. The molecule has 2 heterocycles. The minimum Gasteiger partial charge on any atom is -0.550 e. The molecule has 36 heavy (non-hydrogen) atoms. The van der Waals surface area contributed by atoms with Crippen LogP contribution in [0.2, 0.25) is 0 Å². The van der Waals surface area contributed by atoms with Crippen molar-refractivity contribution in [2.24, 2.45) is 0 Å². The third-order valence-corrected chi connectivity index (χ3v) is 6.42. The maximum Gasteiger partial charge on any atom is 1.00 e. The molecule has 14 heteroatoms. The number of carbonyl (C=O) groups excluding carboxylic acids is 2. The third-order valence-electron chi connectivity index (χ3n) is 4.02. The SMILES string of the molecule is O=C([O-])CCC(=S)Oc1nc2ccccc2s1.O=C([O-])CCC(=S)Oc1nc2ccccc2s1.[K+].[K+]. The van der Waals surface area contributed by atoms with Crippen molar-refractivity contribution < 1.29 is 132 Å². The van der Waals surface area contributed by atoms with Crippen LogP contribution >= 0.6 is 47.1 Å². The van der Waals surface area contributed by atoms with Gasteiger partial charge in [0.05, 0.1) is 20.4 Å². The Balaban J connectivity index is 0.000000341. The second-order valence-corrected chi connectivity index (χ2v) is 9.48. The van der Waals surface area contributed by atoms with E-state index in [4.69, 9.17) is 33.9 Å². The molecule has 0 saturated heterocycles. The predicted molar refractivity (Wildman–Crippen MR) is 134 cm³/mol. The number of carboxylic acid groups (broad SMARTS) is 2. The topological polar surface area (TPSA) is 124 Å². The van der Waals surface area contributed by atoms with Gasteiger partial charge in [0.2, 0.25) is 0 Å². The number of rotatable bonds is 8. The standard InChI is InChI=1S/2C11H9NO3S2.2K/c2*13-9(14)5-6-10(16)15-11-12-7-3-1-2-4-8(7)17-11;;/h2*1-4H,5-6H2,(H,13,14);;/q;;2*+1/p-2. The maximum atomic E-state index is 10.3. The van der Waals surface area contributed by atoms with Crippen LogP contribution in [0.1, 0.15) is 25.7 Å². The molecule has 0 amide bonds. The number of fused-ring (bicyclic) bond motifs is 2. The molecular formula is C22H16K2N2O6S4. The van der Waals surface area contributed by atoms with Crippen molar-refractivity contribution in [1.29, 1.82) is 0 Å². The molecule has 4 aromatic rings. The van der Waals surface area contributed by atoms with Crippen molar-refractivity contribution in [2.45, 2.75) is 25.7 Å². The van der Waals surface area contributed by atoms with Crippen LogP contribution in [0.25, 0.3) is 20.4 Å². The van der Waals surface area contributed by atoms with Gasteiger partial charge in [-0.25, -0.2) is 9.97 Å². The molecular weight excluding hydrogens is 595 g/mol. The summed E-state index contributed by atoms with van der Waals surface area (Å²) >= 11 is 12.6. The Morgan fingerprint density at radius 1 is 0.694 bits per heavy atom. The quantitative estimate of drug-likeness (QED) is 0.151. The van der Waals surface area contributed by atoms with E-state index in [2.05, 4.69) is 9.97 Å². The van der Waals surface area contributed by atoms with Crippen molar-refractivity contribution in [3.05, 3.63) is 48.5 Å². The zero-order valence-electron chi connectivity index (χ0n) is 19.4. The number of para-hydroxylation sites is 2. The number of benzene rings is 2. The Hall–Kier alpha value is 0.213. The van der Waals surface area contributed by atoms with Crippen LogP contribution < -0.4 is 122 Å². The van der Waals surface area contributed by atoms with E-state index in [-0.39, 0.29) is 139 Å². The van der Waals surface area contributed by atoms with Crippen LogP contribution in [0.3, 0.4) is 0 Å². The number of thiocarbonyl (C=S) groups is 2. The molecule has 4 rings (SSSR count). The van der Waals surface area contributed by atoms with Crippen molar-refractivity contribution in [2.75, 3.05) is 0 Å². The minimum atomic E-state index is -1.14. The summed E-state index contributed by atoms with van der Waals surface area (Å²) in [6.45, 7) is 0. The zero-order chi connectivity index (χ0) is 24.5. The number of nitrogens with zero attached hydrogens (tertiary/aromatic N) is 2. The van der Waals surface area contributed by atoms with E-state index in [1.54, 1.807) is 0 Å². The summed E-state index contributed by atoms with van der Waals surface area (Å²) in [4.78, 5) is 29.0. The average molecular weight is 611 g/mol. The molecule has 0 radical (unpaired) electrons. The van der Waals surface area contributed by atoms with Gasteiger partial charge in [-0.05, 0) is 61.5 Å². The Morgan fingerprint density at radius 2 is 1.06 bits per heavy atom. The van der Waals surface area contributed by atoms with E-state index in [0.717, 1.165) is 20.4 Å². The van der Waals surface area contributed by atoms with Crippen molar-refractivity contribution in [3.8, 4) is 10.4 Å². The largest absolute Gasteiger partial charge is 1.00 e. The fraction of sp³-hybridized carbons (Fsp3) is 0.182. The van der Waals surface area contributed by atoms with Gasteiger partial charge < -0.3 is 29.3 Å². The van der Waals surface area contributed by atoms with Crippen LogP contribution in [0, 0.1) is 0 Å². The van der Waals surface area contributed by atoms with Crippen LogP contribution in [-0.2, 0) is 9.59 Å². The molecule has 2 aromatic heterocycles. The van der Waals surface area contributed by atoms with Crippen LogP contribution in [0.4, 0.5) is 0 Å². The van der Waals surface area contributed by atoms with Gasteiger partial charge >= 0.3 is 103 Å². The number of thiazole rings is 2. The van der Waals surface area contributed by atoms with E-state index in [9.17, 15) is 19.8 Å². The number of carboxylic acids is 2. The van der Waals surface area contributed by atoms with Gasteiger partial charge in [0, 0.05) is 24.8 Å². The normalized spacial score (nSPS) is 9.78. The molecule has 2 aromatic carbocycles. The molecule has 0 saturated carbocycles. The second kappa shape index (κ2) is 17.7. The summed E-state index contributed by atoms with van der Waals surface area (Å²) in [5, 5.41) is 21.8. The molecule has 0 atom stereocenters. The Bertz CT molecular complexity index is 1180. The van der Waals surface area contributed by atoms with Gasteiger partial charge in [-0.2, -0.15) is 0 Å². The number of ether oxygens (including phenoxy) is 2. The van der Waals surface area contributed by atoms with Gasteiger partial charge in [-0.15, -0.1) is 0 Å². The molecule has 0 aliphatic rings. The van der Waals surface area contributed by atoms with E-state index in [0.29, 0.717) is 10.4 Å². The third kappa shape index (κ3) is 11.9. The smallest absolute Gasteiger partial charge is 0.550 e. The van der Waals surface area contributed by atoms with Crippen LogP contribution in [0.5, 0.6) is 10.4 Å². The number of aliphatic carboxylic acids is 2. The van der Waals surface area contributed by atoms with Gasteiger partial charge in [0.25, 0.3) is 10.4 Å². The summed E-state index contributed by atoms with van der Waals surface area (Å²) in [5.74, 6) is -2.28. The maximum absolute atomic E-state index is 10.3. The van der Waals surface area contributed by atoms with E-state index >= 15 is 0 Å². The summed E-state index contributed by atoms with van der Waals surface area (Å²) in [7, 11) is 0. The minimum absolute atomic E-state index is 0. The predicted octanol–water partition coefficient (Wildman–Crippen LogP) is -2.93. The summed E-state index contributed by atoms with van der Waals surface area (Å²) in [6.07, 6.45) is 0.0502. The Morgan fingerprint density at radius 3 is 1.39 bits per heavy atom. The molecule has 8 nitrogen and oxygen atoms in total. The monoisotopic (exact) mass is 610 g/mol. The van der Waals surface area contributed by atoms with E-state index in [1.807, 2.05) is 48.5 Å². The molecule has 0 spiro atoms. The van der Waals surface area contributed by atoms with Crippen LogP contribution in [-0.4, -0.2) is 32.0 Å². The first-order valence-electron chi connectivity index (χ1n) is 9.82. The number of hydrogen-bond donors (Lipinski definition) is 0.